The molecule has 2 nitrogen and oxygen atoms in total. The monoisotopic (exact) mass is 306 g/mol. The van der Waals surface area contributed by atoms with Crippen molar-refractivity contribution in [2.45, 2.75) is 58.0 Å². The van der Waals surface area contributed by atoms with Gasteiger partial charge in [-0.05, 0) is 69.2 Å². The second kappa shape index (κ2) is 6.58. The molecule has 0 spiro atoms. The molecular weight excluding hydrogens is 280 g/mol. The number of halogens is 1. The van der Waals surface area contributed by atoms with E-state index in [4.69, 9.17) is 11.6 Å². The van der Waals surface area contributed by atoms with Gasteiger partial charge < -0.3 is 10.2 Å². The molecule has 116 valence electrons. The maximum atomic E-state index is 6.56. The summed E-state index contributed by atoms with van der Waals surface area (Å²) in [6.07, 6.45) is 6.66. The van der Waals surface area contributed by atoms with E-state index in [1.54, 1.807) is 0 Å². The molecule has 0 saturated heterocycles. The minimum atomic E-state index is 0.323. The van der Waals surface area contributed by atoms with Crippen molar-refractivity contribution in [1.29, 1.82) is 0 Å². The standard InChI is InChI=1S/C18H27ClN2/c1-3-10-20-13(2)17-9-8-16(11-18(17)19)21(15-6-7-15)12-14-4-5-14/h8-9,11,13-15,20H,3-7,10,12H2,1-2H3. The second-order valence-corrected chi connectivity index (χ2v) is 7.12. The summed E-state index contributed by atoms with van der Waals surface area (Å²) in [5.41, 5.74) is 2.54. The highest BCUT2D eigenvalue weighted by Crippen LogP contribution is 2.39. The van der Waals surface area contributed by atoms with Crippen molar-refractivity contribution in [3.63, 3.8) is 0 Å². The number of hydrogen-bond acceptors (Lipinski definition) is 2. The maximum absolute atomic E-state index is 6.56. The van der Waals surface area contributed by atoms with Gasteiger partial charge in [0.05, 0.1) is 0 Å². The van der Waals surface area contributed by atoms with Crippen LogP contribution in [0.2, 0.25) is 5.02 Å². The molecule has 1 N–H and O–H groups in total. The number of rotatable bonds is 8. The van der Waals surface area contributed by atoms with Crippen LogP contribution in [0.25, 0.3) is 0 Å². The minimum absolute atomic E-state index is 0.323. The summed E-state index contributed by atoms with van der Waals surface area (Å²) in [7, 11) is 0. The van der Waals surface area contributed by atoms with E-state index in [2.05, 4.69) is 42.3 Å². The maximum Gasteiger partial charge on any atom is 0.0474 e. The zero-order valence-corrected chi connectivity index (χ0v) is 14.0. The third-order valence-electron chi connectivity index (χ3n) is 4.62. The lowest BCUT2D eigenvalue weighted by Gasteiger charge is -2.26. The van der Waals surface area contributed by atoms with Crippen LogP contribution in [0.15, 0.2) is 18.2 Å². The van der Waals surface area contributed by atoms with Crippen LogP contribution < -0.4 is 10.2 Å². The lowest BCUT2D eigenvalue weighted by atomic mass is 10.1. The highest BCUT2D eigenvalue weighted by molar-refractivity contribution is 6.31. The summed E-state index contributed by atoms with van der Waals surface area (Å²) in [4.78, 5) is 2.59. The van der Waals surface area contributed by atoms with Crippen LogP contribution >= 0.6 is 11.6 Å². The van der Waals surface area contributed by atoms with E-state index in [9.17, 15) is 0 Å². The van der Waals surface area contributed by atoms with Crippen molar-refractivity contribution in [3.05, 3.63) is 28.8 Å². The first-order chi connectivity index (χ1) is 10.2. The van der Waals surface area contributed by atoms with E-state index in [-0.39, 0.29) is 0 Å². The minimum Gasteiger partial charge on any atom is -0.368 e. The number of hydrogen-bond donors (Lipinski definition) is 1. The Balaban J connectivity index is 1.72. The molecule has 0 heterocycles. The Hall–Kier alpha value is -0.730. The van der Waals surface area contributed by atoms with Crippen LogP contribution in [-0.4, -0.2) is 19.1 Å². The molecule has 0 aliphatic heterocycles. The Kier molecular flexibility index (Phi) is 4.75. The quantitative estimate of drug-likeness (QED) is 0.743. The van der Waals surface area contributed by atoms with Gasteiger partial charge in [-0.25, -0.2) is 0 Å². The highest BCUT2D eigenvalue weighted by Gasteiger charge is 2.34. The summed E-state index contributed by atoms with van der Waals surface area (Å²) in [5, 5.41) is 4.42. The van der Waals surface area contributed by atoms with E-state index >= 15 is 0 Å². The average molecular weight is 307 g/mol. The molecule has 2 aliphatic rings. The third kappa shape index (κ3) is 3.92. The predicted octanol–water partition coefficient (Wildman–Crippen LogP) is 4.78. The largest absolute Gasteiger partial charge is 0.368 e. The number of nitrogens with zero attached hydrogens (tertiary/aromatic N) is 1. The smallest absolute Gasteiger partial charge is 0.0474 e. The SMILES string of the molecule is CCCNC(C)c1ccc(N(CC2CC2)C2CC2)cc1Cl. The summed E-state index contributed by atoms with van der Waals surface area (Å²) < 4.78 is 0. The molecule has 2 aliphatic carbocycles. The second-order valence-electron chi connectivity index (χ2n) is 6.71. The first-order valence-electron chi connectivity index (χ1n) is 8.48. The van der Waals surface area contributed by atoms with E-state index in [0.29, 0.717) is 6.04 Å². The van der Waals surface area contributed by atoms with Gasteiger partial charge in [0, 0.05) is 29.3 Å². The normalized spacial score (nSPS) is 19.6. The van der Waals surface area contributed by atoms with Gasteiger partial charge in [-0.15, -0.1) is 0 Å². The van der Waals surface area contributed by atoms with Crippen molar-refractivity contribution in [3.8, 4) is 0 Å². The molecule has 0 amide bonds. The molecule has 2 saturated carbocycles. The Labute approximate surface area is 133 Å². The molecule has 0 bridgehead atoms. The van der Waals surface area contributed by atoms with Crippen LogP contribution in [0.1, 0.15) is 57.6 Å². The van der Waals surface area contributed by atoms with E-state index in [0.717, 1.165) is 29.9 Å². The van der Waals surface area contributed by atoms with Gasteiger partial charge in [0.15, 0.2) is 0 Å². The Morgan fingerprint density at radius 1 is 1.29 bits per heavy atom. The van der Waals surface area contributed by atoms with Crippen LogP contribution in [-0.2, 0) is 0 Å². The van der Waals surface area contributed by atoms with Gasteiger partial charge in [0.1, 0.15) is 0 Å². The van der Waals surface area contributed by atoms with Crippen molar-refractivity contribution >= 4 is 17.3 Å². The van der Waals surface area contributed by atoms with Gasteiger partial charge in [0.2, 0.25) is 0 Å². The molecular formula is C18H27ClN2. The molecule has 3 heteroatoms. The van der Waals surface area contributed by atoms with Gasteiger partial charge in [0.25, 0.3) is 0 Å². The zero-order valence-electron chi connectivity index (χ0n) is 13.2. The Morgan fingerprint density at radius 3 is 2.62 bits per heavy atom. The van der Waals surface area contributed by atoms with Crippen molar-refractivity contribution < 1.29 is 0 Å². The summed E-state index contributed by atoms with van der Waals surface area (Å²) in [6.45, 7) is 6.65. The molecule has 0 radical (unpaired) electrons. The highest BCUT2D eigenvalue weighted by atomic mass is 35.5. The fraction of sp³-hybridized carbons (Fsp3) is 0.667. The Bertz CT molecular complexity index is 480. The first-order valence-corrected chi connectivity index (χ1v) is 8.86. The number of anilines is 1. The van der Waals surface area contributed by atoms with Crippen LogP contribution in [0.4, 0.5) is 5.69 Å². The molecule has 1 atom stereocenters. The number of benzene rings is 1. The van der Waals surface area contributed by atoms with Gasteiger partial charge >= 0.3 is 0 Å². The molecule has 2 fully saturated rings. The Morgan fingerprint density at radius 2 is 2.05 bits per heavy atom. The van der Waals surface area contributed by atoms with Gasteiger partial charge in [-0.3, -0.25) is 0 Å². The van der Waals surface area contributed by atoms with E-state index in [1.807, 2.05) is 0 Å². The molecule has 1 aromatic rings. The summed E-state index contributed by atoms with van der Waals surface area (Å²) >= 11 is 6.56. The summed E-state index contributed by atoms with van der Waals surface area (Å²) in [6, 6.07) is 7.76. The molecule has 3 rings (SSSR count). The van der Waals surface area contributed by atoms with Crippen molar-refractivity contribution in [1.82, 2.24) is 5.32 Å². The van der Waals surface area contributed by atoms with Gasteiger partial charge in [-0.2, -0.15) is 0 Å². The first kappa shape index (κ1) is 15.2. The van der Waals surface area contributed by atoms with Gasteiger partial charge in [-0.1, -0.05) is 24.6 Å². The van der Waals surface area contributed by atoms with Crippen molar-refractivity contribution in [2.75, 3.05) is 18.0 Å². The molecule has 21 heavy (non-hydrogen) atoms. The average Bonchev–Trinajstić information content (AvgIpc) is 3.35. The van der Waals surface area contributed by atoms with Crippen molar-refractivity contribution in [2.24, 2.45) is 5.92 Å². The molecule has 1 unspecified atom stereocenters. The zero-order chi connectivity index (χ0) is 14.8. The fourth-order valence-electron chi connectivity index (χ4n) is 2.95. The topological polar surface area (TPSA) is 15.3 Å². The lowest BCUT2D eigenvalue weighted by molar-refractivity contribution is 0.571. The predicted molar refractivity (Wildman–Crippen MR) is 91.3 cm³/mol. The summed E-state index contributed by atoms with van der Waals surface area (Å²) in [5.74, 6) is 0.925. The third-order valence-corrected chi connectivity index (χ3v) is 4.95. The van der Waals surface area contributed by atoms with Crippen LogP contribution in [0.3, 0.4) is 0 Å². The lowest BCUT2D eigenvalue weighted by Crippen LogP contribution is -2.28. The van der Waals surface area contributed by atoms with Crippen LogP contribution in [0.5, 0.6) is 0 Å². The van der Waals surface area contributed by atoms with Crippen LogP contribution in [0, 0.1) is 5.92 Å². The van der Waals surface area contributed by atoms with E-state index < -0.39 is 0 Å². The molecule has 0 aromatic heterocycles. The fourth-order valence-corrected chi connectivity index (χ4v) is 3.29. The van der Waals surface area contributed by atoms with E-state index in [1.165, 1.54) is 43.5 Å². The molecule has 1 aromatic carbocycles. The number of nitrogens with one attached hydrogen (secondary N) is 1.